The zero-order valence-electron chi connectivity index (χ0n) is 11.3. The van der Waals surface area contributed by atoms with Crippen molar-refractivity contribution in [2.45, 2.75) is 25.9 Å². The van der Waals surface area contributed by atoms with E-state index in [0.29, 0.717) is 0 Å². The van der Waals surface area contributed by atoms with Gasteiger partial charge in [-0.15, -0.1) is 0 Å². The van der Waals surface area contributed by atoms with Crippen molar-refractivity contribution >= 4 is 15.9 Å². The van der Waals surface area contributed by atoms with E-state index < -0.39 is 0 Å². The Morgan fingerprint density at radius 1 is 1.10 bits per heavy atom. The van der Waals surface area contributed by atoms with Gasteiger partial charge in [-0.25, -0.2) is 4.39 Å². The quantitative estimate of drug-likeness (QED) is 0.780. The molecule has 0 amide bonds. The van der Waals surface area contributed by atoms with E-state index in [1.807, 2.05) is 6.07 Å². The molecule has 0 N–H and O–H groups in total. The van der Waals surface area contributed by atoms with E-state index in [4.69, 9.17) is 0 Å². The van der Waals surface area contributed by atoms with Crippen LogP contribution in [-0.4, -0.2) is 11.4 Å². The first-order valence-electron chi connectivity index (χ1n) is 6.95. The molecule has 0 fully saturated rings. The van der Waals surface area contributed by atoms with Gasteiger partial charge in [-0.2, -0.15) is 0 Å². The molecule has 1 nitrogen and oxygen atoms in total. The molecule has 0 bridgehead atoms. The first-order valence-corrected chi connectivity index (χ1v) is 7.74. The largest absolute Gasteiger partial charge is 0.295 e. The van der Waals surface area contributed by atoms with Gasteiger partial charge >= 0.3 is 0 Å². The fraction of sp³-hybridized carbons (Fsp3) is 0.294. The minimum absolute atomic E-state index is 0.176. The fourth-order valence-corrected chi connectivity index (χ4v) is 3.38. The highest BCUT2D eigenvalue weighted by Crippen LogP contribution is 2.21. The Hall–Kier alpha value is -1.19. The van der Waals surface area contributed by atoms with Gasteiger partial charge in [0.1, 0.15) is 5.82 Å². The summed E-state index contributed by atoms with van der Waals surface area (Å²) in [4.78, 5) is 2.40. The maximum atomic E-state index is 13.5. The van der Waals surface area contributed by atoms with Gasteiger partial charge in [-0.3, -0.25) is 4.90 Å². The molecule has 0 atom stereocenters. The number of benzene rings is 2. The number of rotatable bonds is 2. The van der Waals surface area contributed by atoms with E-state index in [-0.39, 0.29) is 5.82 Å². The summed E-state index contributed by atoms with van der Waals surface area (Å²) >= 11 is 3.36. The molecule has 1 heterocycles. The van der Waals surface area contributed by atoms with Gasteiger partial charge in [-0.1, -0.05) is 40.2 Å². The highest BCUT2D eigenvalue weighted by atomic mass is 79.9. The molecule has 20 heavy (non-hydrogen) atoms. The predicted molar refractivity (Wildman–Crippen MR) is 83.0 cm³/mol. The van der Waals surface area contributed by atoms with Crippen LogP contribution >= 0.6 is 15.9 Å². The molecule has 1 aliphatic heterocycles. The maximum absolute atomic E-state index is 13.5. The zero-order chi connectivity index (χ0) is 13.9. The van der Waals surface area contributed by atoms with E-state index in [1.165, 1.54) is 17.2 Å². The minimum Gasteiger partial charge on any atom is -0.295 e. The maximum Gasteiger partial charge on any atom is 0.124 e. The van der Waals surface area contributed by atoms with Crippen LogP contribution in [-0.2, 0) is 19.5 Å². The number of aryl methyl sites for hydroxylation is 1. The lowest BCUT2D eigenvalue weighted by atomic mass is 10.0. The third kappa shape index (κ3) is 3.28. The van der Waals surface area contributed by atoms with Crippen molar-refractivity contribution in [2.24, 2.45) is 0 Å². The summed E-state index contributed by atoms with van der Waals surface area (Å²) in [5.41, 5.74) is 3.88. The Morgan fingerprint density at radius 3 is 2.70 bits per heavy atom. The van der Waals surface area contributed by atoms with Gasteiger partial charge < -0.3 is 0 Å². The summed E-state index contributed by atoms with van der Waals surface area (Å²) in [7, 11) is 0. The number of hydrogen-bond acceptors (Lipinski definition) is 1. The lowest BCUT2D eigenvalue weighted by Gasteiger charge is -2.20. The van der Waals surface area contributed by atoms with E-state index >= 15 is 0 Å². The molecule has 2 aromatic rings. The molecule has 0 aliphatic carbocycles. The average molecular weight is 334 g/mol. The minimum atomic E-state index is -0.176. The Balaban J connectivity index is 1.78. The second kappa shape index (κ2) is 6.06. The second-order valence-electron chi connectivity index (χ2n) is 5.36. The summed E-state index contributed by atoms with van der Waals surface area (Å²) in [5, 5.41) is 0. The monoisotopic (exact) mass is 333 g/mol. The molecule has 0 saturated heterocycles. The van der Waals surface area contributed by atoms with Crippen LogP contribution in [0.15, 0.2) is 46.9 Å². The van der Waals surface area contributed by atoms with Crippen LogP contribution in [0.2, 0.25) is 0 Å². The zero-order valence-corrected chi connectivity index (χ0v) is 12.9. The normalized spacial score (nSPS) is 15.7. The smallest absolute Gasteiger partial charge is 0.124 e. The molecule has 1 aliphatic rings. The third-order valence-electron chi connectivity index (χ3n) is 3.76. The first kappa shape index (κ1) is 13.8. The topological polar surface area (TPSA) is 3.24 Å². The average Bonchev–Trinajstić information content (AvgIpc) is 2.59. The second-order valence-corrected chi connectivity index (χ2v) is 6.28. The van der Waals surface area contributed by atoms with Crippen molar-refractivity contribution in [2.75, 3.05) is 6.54 Å². The highest BCUT2D eigenvalue weighted by Gasteiger charge is 2.14. The van der Waals surface area contributed by atoms with Crippen LogP contribution in [0.1, 0.15) is 23.1 Å². The van der Waals surface area contributed by atoms with E-state index in [0.717, 1.165) is 42.5 Å². The number of nitrogens with zero attached hydrogens (tertiary/aromatic N) is 1. The Bertz CT molecular complexity index is 591. The number of hydrogen-bond donors (Lipinski definition) is 0. The molecule has 2 aromatic carbocycles. The lowest BCUT2D eigenvalue weighted by molar-refractivity contribution is 0.260. The number of halogens is 2. The van der Waals surface area contributed by atoms with Gasteiger partial charge in [-0.05, 0) is 54.3 Å². The molecule has 3 heteroatoms. The van der Waals surface area contributed by atoms with Crippen molar-refractivity contribution in [1.29, 1.82) is 0 Å². The lowest BCUT2D eigenvalue weighted by Crippen LogP contribution is -2.22. The van der Waals surface area contributed by atoms with E-state index in [1.54, 1.807) is 6.07 Å². The summed E-state index contributed by atoms with van der Waals surface area (Å²) in [6.07, 6.45) is 2.30. The van der Waals surface area contributed by atoms with Crippen LogP contribution in [0, 0.1) is 5.82 Å². The van der Waals surface area contributed by atoms with Crippen LogP contribution in [0.4, 0.5) is 4.39 Å². The summed E-state index contributed by atoms with van der Waals surface area (Å²) in [5.74, 6) is -0.176. The molecule has 0 unspecified atom stereocenters. The van der Waals surface area contributed by atoms with Gasteiger partial charge in [0.05, 0.1) is 0 Å². The molecule has 0 spiro atoms. The van der Waals surface area contributed by atoms with Gasteiger partial charge in [0.2, 0.25) is 0 Å². The van der Waals surface area contributed by atoms with E-state index in [9.17, 15) is 4.39 Å². The molecule has 3 rings (SSSR count). The van der Waals surface area contributed by atoms with Gasteiger partial charge in [0.25, 0.3) is 0 Å². The number of fused-ring (bicyclic) bond motifs is 1. The standard InChI is InChI=1S/C17H17BrFN/c18-16-8-13(9-17(19)10-16)11-20-7-3-6-14-4-1-2-5-15(14)12-20/h1-2,4-5,8-10H,3,6-7,11-12H2. The fourth-order valence-electron chi connectivity index (χ4n) is 2.86. The Kier molecular flexibility index (Phi) is 4.18. The molecule has 0 saturated carbocycles. The van der Waals surface area contributed by atoms with Crippen LogP contribution in [0.3, 0.4) is 0 Å². The van der Waals surface area contributed by atoms with Crippen LogP contribution < -0.4 is 0 Å². The molecule has 0 aromatic heterocycles. The van der Waals surface area contributed by atoms with Crippen LogP contribution in [0.25, 0.3) is 0 Å². The molecule has 0 radical (unpaired) electrons. The summed E-state index contributed by atoms with van der Waals surface area (Å²) in [6.45, 7) is 2.80. The van der Waals surface area contributed by atoms with Crippen molar-refractivity contribution in [3.63, 3.8) is 0 Å². The highest BCUT2D eigenvalue weighted by molar-refractivity contribution is 9.10. The van der Waals surface area contributed by atoms with Gasteiger partial charge in [0, 0.05) is 17.6 Å². The predicted octanol–water partition coefficient (Wildman–Crippen LogP) is 4.54. The van der Waals surface area contributed by atoms with E-state index in [2.05, 4.69) is 45.1 Å². The SMILES string of the molecule is Fc1cc(Br)cc(CN2CCCc3ccccc3C2)c1. The van der Waals surface area contributed by atoms with Crippen LogP contribution in [0.5, 0.6) is 0 Å². The Labute approximate surface area is 127 Å². The first-order chi connectivity index (χ1) is 9.70. The Morgan fingerprint density at radius 2 is 1.90 bits per heavy atom. The molecular formula is C17H17BrFN. The van der Waals surface area contributed by atoms with Crippen molar-refractivity contribution < 1.29 is 4.39 Å². The summed E-state index contributed by atoms with van der Waals surface area (Å²) in [6, 6.07) is 13.8. The summed E-state index contributed by atoms with van der Waals surface area (Å²) < 4.78 is 14.3. The third-order valence-corrected chi connectivity index (χ3v) is 4.22. The van der Waals surface area contributed by atoms with Crippen molar-refractivity contribution in [1.82, 2.24) is 4.90 Å². The molecular weight excluding hydrogens is 317 g/mol. The van der Waals surface area contributed by atoms with Crippen molar-refractivity contribution in [3.05, 3.63) is 69.4 Å². The van der Waals surface area contributed by atoms with Crippen molar-refractivity contribution in [3.8, 4) is 0 Å². The molecule has 104 valence electrons. The van der Waals surface area contributed by atoms with Gasteiger partial charge in [0.15, 0.2) is 0 Å².